The van der Waals surface area contributed by atoms with E-state index in [9.17, 15) is 26.3 Å². The predicted octanol–water partition coefficient (Wildman–Crippen LogP) is 6.07. The van der Waals surface area contributed by atoms with Gasteiger partial charge in [-0.1, -0.05) is 17.3 Å². The second kappa shape index (κ2) is 8.32. The number of oxazole rings is 1. The van der Waals surface area contributed by atoms with Gasteiger partial charge in [0.25, 0.3) is 0 Å². The summed E-state index contributed by atoms with van der Waals surface area (Å²) < 4.78 is 89.3. The molecule has 5 nitrogen and oxygen atoms in total. The van der Waals surface area contributed by atoms with Crippen LogP contribution in [0, 0.1) is 6.92 Å². The lowest BCUT2D eigenvalue weighted by Gasteiger charge is -2.13. The van der Waals surface area contributed by atoms with E-state index in [2.05, 4.69) is 10.1 Å². The van der Waals surface area contributed by atoms with E-state index in [1.165, 1.54) is 13.1 Å². The van der Waals surface area contributed by atoms with E-state index in [0.29, 0.717) is 23.4 Å². The first-order valence-electron chi connectivity index (χ1n) is 8.64. The van der Waals surface area contributed by atoms with E-state index in [0.717, 1.165) is 0 Å². The molecular weight excluding hydrogens is 430 g/mol. The zero-order valence-corrected chi connectivity index (χ0v) is 15.8. The van der Waals surface area contributed by atoms with E-state index in [4.69, 9.17) is 14.4 Å². The Hall–Kier alpha value is -3.50. The second-order valence-corrected chi connectivity index (χ2v) is 6.42. The molecule has 0 bridgehead atoms. The van der Waals surface area contributed by atoms with Crippen molar-refractivity contribution >= 4 is 6.21 Å². The third-order valence-electron chi connectivity index (χ3n) is 4.17. The predicted molar refractivity (Wildman–Crippen MR) is 96.8 cm³/mol. The summed E-state index contributed by atoms with van der Waals surface area (Å²) in [7, 11) is 0. The Morgan fingerprint density at radius 2 is 1.68 bits per heavy atom. The molecule has 2 aromatic carbocycles. The summed E-state index contributed by atoms with van der Waals surface area (Å²) in [5.41, 5.74) is -2.65. The number of aromatic nitrogens is 1. The Morgan fingerprint density at radius 1 is 1.03 bits per heavy atom. The highest BCUT2D eigenvalue weighted by Gasteiger charge is 2.37. The largest absolute Gasteiger partial charge is 0.487 e. The van der Waals surface area contributed by atoms with Crippen LogP contribution in [0.1, 0.15) is 28.1 Å². The van der Waals surface area contributed by atoms with Gasteiger partial charge >= 0.3 is 12.4 Å². The van der Waals surface area contributed by atoms with Crippen LogP contribution in [-0.4, -0.2) is 16.4 Å². The van der Waals surface area contributed by atoms with Gasteiger partial charge in [0, 0.05) is 5.56 Å². The molecule has 0 aliphatic carbocycles. The zero-order valence-electron chi connectivity index (χ0n) is 15.8. The monoisotopic (exact) mass is 444 g/mol. The van der Waals surface area contributed by atoms with Crippen LogP contribution in [0.4, 0.5) is 26.3 Å². The minimum Gasteiger partial charge on any atom is -0.487 e. The Balaban J connectivity index is 1.90. The Bertz CT molecular complexity index is 1070. The molecule has 0 saturated carbocycles. The maximum atomic E-state index is 13.1. The zero-order chi connectivity index (χ0) is 22.8. The fourth-order valence-electron chi connectivity index (χ4n) is 2.67. The normalized spacial score (nSPS) is 12.5. The Kier molecular flexibility index (Phi) is 5.96. The minimum absolute atomic E-state index is 0.0337. The van der Waals surface area contributed by atoms with Crippen molar-refractivity contribution in [2.75, 3.05) is 0 Å². The van der Waals surface area contributed by atoms with Crippen LogP contribution in [0.25, 0.3) is 11.5 Å². The van der Waals surface area contributed by atoms with Gasteiger partial charge in [-0.15, -0.1) is 0 Å². The number of rotatable bonds is 5. The van der Waals surface area contributed by atoms with Gasteiger partial charge in [0.2, 0.25) is 5.89 Å². The average molecular weight is 444 g/mol. The lowest BCUT2D eigenvalue weighted by molar-refractivity contribution is -0.143. The highest BCUT2D eigenvalue weighted by Crippen LogP contribution is 2.38. The molecular formula is C20H14F6N2O3. The molecule has 1 heterocycles. The van der Waals surface area contributed by atoms with Gasteiger partial charge in [-0.3, -0.25) is 0 Å². The molecule has 0 spiro atoms. The van der Waals surface area contributed by atoms with E-state index in [1.54, 1.807) is 24.3 Å². The Labute approximate surface area is 171 Å². The van der Waals surface area contributed by atoms with E-state index in [-0.39, 0.29) is 24.1 Å². The van der Waals surface area contributed by atoms with Crippen molar-refractivity contribution in [1.82, 2.24) is 4.98 Å². The highest BCUT2D eigenvalue weighted by molar-refractivity contribution is 5.79. The average Bonchev–Trinajstić information content (AvgIpc) is 3.06. The van der Waals surface area contributed by atoms with Crippen LogP contribution in [0.3, 0.4) is 0 Å². The van der Waals surface area contributed by atoms with Crippen LogP contribution in [0.2, 0.25) is 0 Å². The number of ether oxygens (including phenoxy) is 1. The minimum atomic E-state index is -4.98. The fraction of sp³-hybridized carbons (Fsp3) is 0.200. The lowest BCUT2D eigenvalue weighted by atomic mass is 10.0. The first kappa shape index (κ1) is 22.2. The van der Waals surface area contributed by atoms with Crippen LogP contribution < -0.4 is 4.74 Å². The molecule has 0 aliphatic rings. The highest BCUT2D eigenvalue weighted by atomic mass is 19.4. The summed E-state index contributed by atoms with van der Waals surface area (Å²) in [6.45, 7) is 1.31. The molecule has 1 N–H and O–H groups in total. The number of alkyl halides is 6. The molecule has 31 heavy (non-hydrogen) atoms. The van der Waals surface area contributed by atoms with E-state index < -0.39 is 34.9 Å². The molecule has 0 amide bonds. The number of hydrogen-bond donors (Lipinski definition) is 1. The van der Waals surface area contributed by atoms with Crippen molar-refractivity contribution in [2.45, 2.75) is 25.9 Å². The van der Waals surface area contributed by atoms with Crippen LogP contribution in [0.15, 0.2) is 52.0 Å². The van der Waals surface area contributed by atoms with Gasteiger partial charge in [0.15, 0.2) is 0 Å². The maximum absolute atomic E-state index is 13.1. The summed E-state index contributed by atoms with van der Waals surface area (Å²) in [4.78, 5) is 4.01. The van der Waals surface area contributed by atoms with Gasteiger partial charge in [0.05, 0.1) is 17.3 Å². The number of benzene rings is 2. The van der Waals surface area contributed by atoms with E-state index >= 15 is 0 Å². The number of aryl methyl sites for hydroxylation is 1. The first-order chi connectivity index (χ1) is 14.5. The Morgan fingerprint density at radius 3 is 2.26 bits per heavy atom. The third-order valence-corrected chi connectivity index (χ3v) is 4.17. The van der Waals surface area contributed by atoms with Crippen molar-refractivity contribution in [3.05, 3.63) is 70.6 Å². The van der Waals surface area contributed by atoms with Crippen LogP contribution >= 0.6 is 0 Å². The van der Waals surface area contributed by atoms with Crippen LogP contribution in [0.5, 0.6) is 5.75 Å². The lowest BCUT2D eigenvalue weighted by Crippen LogP contribution is -2.11. The van der Waals surface area contributed by atoms with Crippen molar-refractivity contribution < 1.29 is 40.7 Å². The third kappa shape index (κ3) is 5.36. The molecule has 3 aromatic rings. The molecule has 0 radical (unpaired) electrons. The molecule has 0 aliphatic heterocycles. The number of hydrogen-bond acceptors (Lipinski definition) is 5. The van der Waals surface area contributed by atoms with Crippen molar-refractivity contribution in [2.24, 2.45) is 5.16 Å². The summed E-state index contributed by atoms with van der Waals surface area (Å²) in [5.74, 6) is 0.155. The first-order valence-corrected chi connectivity index (χ1v) is 8.64. The SMILES string of the molecule is Cc1oc(-c2cc(C(F)(F)F)cc(C(F)(F)F)c2)nc1COc1cccc(/C=N/O)c1. The molecule has 1 aromatic heterocycles. The van der Waals surface area contributed by atoms with Crippen LogP contribution in [-0.2, 0) is 19.0 Å². The van der Waals surface area contributed by atoms with Crippen molar-refractivity contribution in [3.8, 4) is 17.2 Å². The quantitative estimate of drug-likeness (QED) is 0.224. The molecule has 0 fully saturated rings. The smallest absolute Gasteiger partial charge is 0.416 e. The topological polar surface area (TPSA) is 67.9 Å². The molecule has 0 saturated heterocycles. The standard InChI is InChI=1S/C20H14F6N2O3/c1-11-17(10-30-16-4-2-3-12(5-16)9-27-29)28-18(31-11)13-6-14(19(21,22)23)8-15(7-13)20(24,25)26/h2-9,29H,10H2,1H3/b27-9+. The van der Waals surface area contributed by atoms with Gasteiger partial charge in [-0.2, -0.15) is 26.3 Å². The van der Waals surface area contributed by atoms with E-state index in [1.807, 2.05) is 0 Å². The summed E-state index contributed by atoms with van der Waals surface area (Å²) in [5, 5.41) is 11.5. The molecule has 3 rings (SSSR count). The fourth-order valence-corrected chi connectivity index (χ4v) is 2.67. The molecule has 0 unspecified atom stereocenters. The van der Waals surface area contributed by atoms with Crippen molar-refractivity contribution in [3.63, 3.8) is 0 Å². The number of halogens is 6. The number of nitrogens with zero attached hydrogens (tertiary/aromatic N) is 2. The second-order valence-electron chi connectivity index (χ2n) is 6.42. The van der Waals surface area contributed by atoms with Gasteiger partial charge in [-0.25, -0.2) is 4.98 Å². The maximum Gasteiger partial charge on any atom is 0.416 e. The molecule has 164 valence electrons. The van der Waals surface area contributed by atoms with Gasteiger partial charge in [-0.05, 0) is 42.8 Å². The van der Waals surface area contributed by atoms with Gasteiger partial charge in [0.1, 0.15) is 23.8 Å². The summed E-state index contributed by atoms with van der Waals surface area (Å²) >= 11 is 0. The summed E-state index contributed by atoms with van der Waals surface area (Å²) in [6, 6.07) is 7.57. The number of oxime groups is 1. The van der Waals surface area contributed by atoms with Crippen molar-refractivity contribution in [1.29, 1.82) is 0 Å². The summed E-state index contributed by atoms with van der Waals surface area (Å²) in [6.07, 6.45) is -8.78. The van der Waals surface area contributed by atoms with Gasteiger partial charge < -0.3 is 14.4 Å². The molecule has 0 atom stereocenters. The molecule has 11 heteroatoms.